The van der Waals surface area contributed by atoms with Gasteiger partial charge >= 0.3 is 0 Å². The van der Waals surface area contributed by atoms with E-state index < -0.39 is 0 Å². The zero-order valence-corrected chi connectivity index (χ0v) is 15.6. The van der Waals surface area contributed by atoms with Crippen LogP contribution in [0.1, 0.15) is 17.7 Å². The number of fused-ring (bicyclic) bond motifs is 1. The second-order valence-electron chi connectivity index (χ2n) is 6.95. The number of aryl methyl sites for hydroxylation is 1. The molecule has 28 heavy (non-hydrogen) atoms. The third kappa shape index (κ3) is 3.08. The number of nitrogens with one attached hydrogen (secondary N) is 2. The Morgan fingerprint density at radius 3 is 2.82 bits per heavy atom. The van der Waals surface area contributed by atoms with Crippen molar-refractivity contribution in [2.24, 2.45) is 0 Å². The largest absolute Gasteiger partial charge is 0.313 e. The average molecular weight is 368 g/mol. The highest BCUT2D eigenvalue weighted by atomic mass is 15.1. The number of aromatic nitrogens is 5. The Kier molecular flexibility index (Phi) is 4.18. The van der Waals surface area contributed by atoms with Crippen molar-refractivity contribution in [3.63, 3.8) is 0 Å². The first-order chi connectivity index (χ1) is 13.8. The van der Waals surface area contributed by atoms with Crippen molar-refractivity contribution in [3.05, 3.63) is 66.1 Å². The first kappa shape index (κ1) is 16.8. The van der Waals surface area contributed by atoms with Gasteiger partial charge in [-0.05, 0) is 61.4 Å². The molecule has 0 amide bonds. The molecule has 2 N–H and O–H groups in total. The van der Waals surface area contributed by atoms with E-state index >= 15 is 0 Å². The molecule has 0 spiro atoms. The lowest BCUT2D eigenvalue weighted by atomic mass is 10.0. The Morgan fingerprint density at radius 1 is 1.00 bits per heavy atom. The number of hydrogen-bond acceptors (Lipinski definition) is 5. The topological polar surface area (TPSA) is 79.4 Å². The van der Waals surface area contributed by atoms with Gasteiger partial charge in [-0.15, -0.1) is 0 Å². The smallest absolute Gasteiger partial charge is 0.120 e. The predicted molar refractivity (Wildman–Crippen MR) is 111 cm³/mol. The summed E-state index contributed by atoms with van der Waals surface area (Å²) in [5.74, 6) is 0. The van der Waals surface area contributed by atoms with E-state index in [0.717, 1.165) is 64.4 Å². The lowest BCUT2D eigenvalue weighted by Crippen LogP contribution is -2.20. The molecule has 6 nitrogen and oxygen atoms in total. The monoisotopic (exact) mass is 368 g/mol. The molecule has 0 fully saturated rings. The number of H-pyrrole nitrogens is 1. The normalized spacial score (nSPS) is 14.2. The van der Waals surface area contributed by atoms with Crippen LogP contribution in [0.5, 0.6) is 0 Å². The van der Waals surface area contributed by atoms with Gasteiger partial charge in [-0.3, -0.25) is 15.1 Å². The van der Waals surface area contributed by atoms with Gasteiger partial charge in [0.05, 0.1) is 22.4 Å². The number of nitrogens with zero attached hydrogens (tertiary/aromatic N) is 4. The summed E-state index contributed by atoms with van der Waals surface area (Å²) in [5.41, 5.74) is 8.65. The fourth-order valence-corrected chi connectivity index (χ4v) is 3.57. The molecule has 0 aromatic carbocycles. The van der Waals surface area contributed by atoms with Crippen LogP contribution in [0, 0.1) is 6.92 Å². The summed E-state index contributed by atoms with van der Waals surface area (Å²) in [6.07, 6.45) is 7.06. The van der Waals surface area contributed by atoms with Crippen LogP contribution >= 0.6 is 0 Å². The summed E-state index contributed by atoms with van der Waals surface area (Å²) < 4.78 is 0. The molecule has 0 bridgehead atoms. The molecule has 0 unspecified atom stereocenters. The molecular weight excluding hydrogens is 348 g/mol. The van der Waals surface area contributed by atoms with E-state index in [9.17, 15) is 0 Å². The van der Waals surface area contributed by atoms with Crippen molar-refractivity contribution in [2.45, 2.75) is 13.3 Å². The Balaban J connectivity index is 1.59. The molecule has 0 atom stereocenters. The van der Waals surface area contributed by atoms with Crippen LogP contribution < -0.4 is 5.32 Å². The van der Waals surface area contributed by atoms with Crippen molar-refractivity contribution in [1.29, 1.82) is 0 Å². The minimum absolute atomic E-state index is 0.806. The van der Waals surface area contributed by atoms with Gasteiger partial charge in [0.1, 0.15) is 5.69 Å². The maximum absolute atomic E-state index is 4.89. The van der Waals surface area contributed by atoms with Crippen LogP contribution in [-0.4, -0.2) is 38.2 Å². The standard InChI is InChI=1S/C22H20N6/c1-14-3-2-4-20(26-14)22-17(13-25-28-22)18-5-6-19-21(27-18)11-16(12-24-19)15-7-9-23-10-8-15/h2-7,11-13,23H,8-10H2,1H3,(H,25,28). The molecule has 0 radical (unpaired) electrons. The van der Waals surface area contributed by atoms with Gasteiger partial charge in [-0.2, -0.15) is 5.10 Å². The van der Waals surface area contributed by atoms with Crippen molar-refractivity contribution in [3.8, 4) is 22.6 Å². The molecule has 0 saturated carbocycles. The van der Waals surface area contributed by atoms with E-state index in [-0.39, 0.29) is 0 Å². The fraction of sp³-hybridized carbons (Fsp3) is 0.182. The second kappa shape index (κ2) is 6.98. The zero-order valence-electron chi connectivity index (χ0n) is 15.6. The lowest BCUT2D eigenvalue weighted by Gasteiger charge is -2.14. The quantitative estimate of drug-likeness (QED) is 0.575. The Bertz CT molecular complexity index is 1190. The summed E-state index contributed by atoms with van der Waals surface area (Å²) in [6.45, 7) is 3.88. The third-order valence-electron chi connectivity index (χ3n) is 5.02. The van der Waals surface area contributed by atoms with Gasteiger partial charge in [-0.25, -0.2) is 4.98 Å². The molecule has 5 rings (SSSR count). The minimum atomic E-state index is 0.806. The van der Waals surface area contributed by atoms with E-state index in [0.29, 0.717) is 0 Å². The number of rotatable bonds is 3. The van der Waals surface area contributed by atoms with Gasteiger partial charge in [0, 0.05) is 30.2 Å². The Morgan fingerprint density at radius 2 is 1.96 bits per heavy atom. The first-order valence-electron chi connectivity index (χ1n) is 9.43. The second-order valence-corrected chi connectivity index (χ2v) is 6.95. The summed E-state index contributed by atoms with van der Waals surface area (Å²) in [5, 5.41) is 10.7. The van der Waals surface area contributed by atoms with Gasteiger partial charge in [-0.1, -0.05) is 12.1 Å². The molecule has 138 valence electrons. The van der Waals surface area contributed by atoms with Crippen LogP contribution in [-0.2, 0) is 0 Å². The highest BCUT2D eigenvalue weighted by Crippen LogP contribution is 2.29. The molecule has 4 aromatic heterocycles. The van der Waals surface area contributed by atoms with E-state index in [1.165, 1.54) is 5.57 Å². The number of hydrogen-bond donors (Lipinski definition) is 2. The fourth-order valence-electron chi connectivity index (χ4n) is 3.57. The number of aromatic amines is 1. The van der Waals surface area contributed by atoms with Crippen LogP contribution in [0.15, 0.2) is 54.9 Å². The first-order valence-corrected chi connectivity index (χ1v) is 9.43. The molecule has 0 saturated heterocycles. The highest BCUT2D eigenvalue weighted by Gasteiger charge is 2.14. The molecule has 1 aliphatic heterocycles. The van der Waals surface area contributed by atoms with Gasteiger partial charge in [0.15, 0.2) is 0 Å². The zero-order chi connectivity index (χ0) is 18.9. The van der Waals surface area contributed by atoms with E-state index in [2.05, 4.69) is 37.6 Å². The maximum Gasteiger partial charge on any atom is 0.120 e. The highest BCUT2D eigenvalue weighted by molar-refractivity contribution is 5.84. The van der Waals surface area contributed by atoms with E-state index in [1.54, 1.807) is 0 Å². The number of pyridine rings is 3. The van der Waals surface area contributed by atoms with Crippen LogP contribution in [0.3, 0.4) is 0 Å². The van der Waals surface area contributed by atoms with Crippen molar-refractivity contribution >= 4 is 16.6 Å². The van der Waals surface area contributed by atoms with E-state index in [4.69, 9.17) is 4.98 Å². The van der Waals surface area contributed by atoms with Crippen molar-refractivity contribution < 1.29 is 0 Å². The Hall–Kier alpha value is -3.38. The molecule has 4 aromatic rings. The molecule has 6 heteroatoms. The third-order valence-corrected chi connectivity index (χ3v) is 5.02. The Labute approximate surface area is 162 Å². The SMILES string of the molecule is Cc1cccc(-c2n[nH]cc2-c2ccc3ncc(C4=CCNCC4)cc3n2)n1. The van der Waals surface area contributed by atoms with Gasteiger partial charge in [0.2, 0.25) is 0 Å². The summed E-state index contributed by atoms with van der Waals surface area (Å²) in [6, 6.07) is 12.1. The molecular formula is C22H20N6. The maximum atomic E-state index is 4.89. The van der Waals surface area contributed by atoms with Crippen molar-refractivity contribution in [1.82, 2.24) is 30.5 Å². The minimum Gasteiger partial charge on any atom is -0.313 e. The molecule has 0 aliphatic carbocycles. The summed E-state index contributed by atoms with van der Waals surface area (Å²) in [4.78, 5) is 14.1. The summed E-state index contributed by atoms with van der Waals surface area (Å²) in [7, 11) is 0. The van der Waals surface area contributed by atoms with Gasteiger partial charge < -0.3 is 5.32 Å². The summed E-state index contributed by atoms with van der Waals surface area (Å²) >= 11 is 0. The predicted octanol–water partition coefficient (Wildman–Crippen LogP) is 3.77. The van der Waals surface area contributed by atoms with Crippen LogP contribution in [0.4, 0.5) is 0 Å². The average Bonchev–Trinajstić information content (AvgIpc) is 3.23. The van der Waals surface area contributed by atoms with Crippen molar-refractivity contribution in [2.75, 3.05) is 13.1 Å². The molecule has 1 aliphatic rings. The van der Waals surface area contributed by atoms with Crippen LogP contribution in [0.2, 0.25) is 0 Å². The van der Waals surface area contributed by atoms with E-state index in [1.807, 2.05) is 49.6 Å². The lowest BCUT2D eigenvalue weighted by molar-refractivity contribution is 0.738. The van der Waals surface area contributed by atoms with Crippen LogP contribution in [0.25, 0.3) is 39.3 Å². The van der Waals surface area contributed by atoms with Gasteiger partial charge in [0.25, 0.3) is 0 Å². The molecule has 5 heterocycles.